The van der Waals surface area contributed by atoms with Gasteiger partial charge < -0.3 is 9.64 Å². The average Bonchev–Trinajstić information content (AvgIpc) is 2.76. The molecule has 0 aliphatic carbocycles. The number of fused-ring (bicyclic) bond motifs is 2. The number of carbonyl (C=O) groups is 1. The predicted molar refractivity (Wildman–Crippen MR) is 123 cm³/mol. The van der Waals surface area contributed by atoms with Crippen molar-refractivity contribution in [2.24, 2.45) is 0 Å². The number of rotatable bonds is 5. The molecule has 0 atom stereocenters. The van der Waals surface area contributed by atoms with E-state index in [1.165, 1.54) is 19.2 Å². The molecule has 0 radical (unpaired) electrons. The van der Waals surface area contributed by atoms with Crippen LogP contribution in [0.3, 0.4) is 0 Å². The van der Waals surface area contributed by atoms with Gasteiger partial charge in [-0.25, -0.2) is 23.1 Å². The van der Waals surface area contributed by atoms with E-state index in [4.69, 9.17) is 4.74 Å². The number of ether oxygens (including phenoxy) is 1. The van der Waals surface area contributed by atoms with Crippen LogP contribution in [0.25, 0.3) is 11.0 Å². The van der Waals surface area contributed by atoms with Crippen LogP contribution < -0.4 is 19.3 Å². The zero-order valence-electron chi connectivity index (χ0n) is 18.4. The van der Waals surface area contributed by atoms with Gasteiger partial charge in [0.1, 0.15) is 10.6 Å². The van der Waals surface area contributed by atoms with E-state index in [1.807, 2.05) is 36.2 Å². The fourth-order valence-corrected chi connectivity index (χ4v) is 5.07. The van der Waals surface area contributed by atoms with Gasteiger partial charge in [0.25, 0.3) is 5.91 Å². The minimum atomic E-state index is -3.87. The lowest BCUT2D eigenvalue weighted by atomic mass is 10.1. The van der Waals surface area contributed by atoms with Crippen LogP contribution >= 0.6 is 0 Å². The highest BCUT2D eigenvalue weighted by atomic mass is 32.2. The first kappa shape index (κ1) is 22.0. The van der Waals surface area contributed by atoms with E-state index in [2.05, 4.69) is 14.7 Å². The van der Waals surface area contributed by atoms with Crippen molar-refractivity contribution in [1.29, 1.82) is 0 Å². The van der Waals surface area contributed by atoms with Crippen LogP contribution in [-0.2, 0) is 10.0 Å². The number of aromatic nitrogens is 2. The number of likely N-dealkylation sites (N-methyl/N-ethyl adjacent to an activating group) is 1. The lowest BCUT2D eigenvalue weighted by molar-refractivity contribution is 0.0985. The normalized spacial score (nSPS) is 14.0. The molecule has 1 amide bonds. The smallest absolute Gasteiger partial charge is 0.259 e. The summed E-state index contributed by atoms with van der Waals surface area (Å²) >= 11 is 0. The van der Waals surface area contributed by atoms with Gasteiger partial charge in [-0.1, -0.05) is 12.1 Å². The van der Waals surface area contributed by atoms with Gasteiger partial charge in [-0.15, -0.1) is 0 Å². The number of hydrogen-bond donors (Lipinski definition) is 1. The first-order chi connectivity index (χ1) is 15.2. The van der Waals surface area contributed by atoms with E-state index >= 15 is 0 Å². The number of carbonyl (C=O) groups excluding carboxylic acids is 1. The molecular formula is C22H25N5O4S. The van der Waals surface area contributed by atoms with E-state index in [0.29, 0.717) is 30.2 Å². The fourth-order valence-electron chi connectivity index (χ4n) is 3.63. The molecule has 1 aliphatic heterocycles. The maximum atomic E-state index is 13.5. The van der Waals surface area contributed by atoms with Crippen LogP contribution in [0, 0.1) is 0 Å². The van der Waals surface area contributed by atoms with Crippen LogP contribution in [0.5, 0.6) is 5.75 Å². The third-order valence-corrected chi connectivity index (χ3v) is 6.83. The summed E-state index contributed by atoms with van der Waals surface area (Å²) in [6.07, 6.45) is 0. The third-order valence-electron chi connectivity index (χ3n) is 5.15. The Morgan fingerprint density at radius 1 is 1.06 bits per heavy atom. The molecule has 0 unspecified atom stereocenters. The number of anilines is 2. The summed E-state index contributed by atoms with van der Waals surface area (Å²) in [6, 6.07) is 11.6. The summed E-state index contributed by atoms with van der Waals surface area (Å²) in [6.45, 7) is 4.42. The van der Waals surface area contributed by atoms with Gasteiger partial charge in [0.2, 0.25) is 10.0 Å². The van der Waals surface area contributed by atoms with Crippen LogP contribution in [0.4, 0.5) is 11.6 Å². The van der Waals surface area contributed by atoms with Gasteiger partial charge in [-0.2, -0.15) is 0 Å². The van der Waals surface area contributed by atoms with E-state index in [1.54, 1.807) is 24.8 Å². The molecule has 2 heterocycles. The van der Waals surface area contributed by atoms with E-state index < -0.39 is 10.0 Å². The van der Waals surface area contributed by atoms with Gasteiger partial charge in [-0.05, 0) is 44.2 Å². The molecular weight excluding hydrogens is 430 g/mol. The summed E-state index contributed by atoms with van der Waals surface area (Å²) in [5, 5.41) is 0. The molecule has 32 heavy (non-hydrogen) atoms. The lowest BCUT2D eigenvalue weighted by Crippen LogP contribution is -2.43. The molecule has 1 aromatic heterocycles. The Hall–Kier alpha value is -3.24. The Labute approximate surface area is 187 Å². The topological polar surface area (TPSA) is 105 Å². The van der Waals surface area contributed by atoms with Crippen LogP contribution in [-0.4, -0.2) is 57.6 Å². The number of sulfonamides is 1. The molecule has 0 saturated carbocycles. The number of methoxy groups -OCH3 is 1. The summed E-state index contributed by atoms with van der Waals surface area (Å²) in [5.74, 6) is 0.862. The number of para-hydroxylation sites is 2. The zero-order chi connectivity index (χ0) is 23.0. The maximum Gasteiger partial charge on any atom is 0.259 e. The molecule has 9 nitrogen and oxygen atoms in total. The molecule has 1 N–H and O–H groups in total. The van der Waals surface area contributed by atoms with Crippen molar-refractivity contribution < 1.29 is 17.9 Å². The van der Waals surface area contributed by atoms with Crippen molar-refractivity contribution in [3.63, 3.8) is 0 Å². The Morgan fingerprint density at radius 3 is 2.34 bits per heavy atom. The molecule has 10 heteroatoms. The highest BCUT2D eigenvalue weighted by Crippen LogP contribution is 2.32. The second-order valence-corrected chi connectivity index (χ2v) is 9.56. The van der Waals surface area contributed by atoms with Crippen molar-refractivity contribution in [1.82, 2.24) is 14.7 Å². The van der Waals surface area contributed by atoms with Crippen LogP contribution in [0.15, 0.2) is 47.4 Å². The van der Waals surface area contributed by atoms with Crippen molar-refractivity contribution in [3.05, 3.63) is 48.0 Å². The van der Waals surface area contributed by atoms with Crippen molar-refractivity contribution in [2.75, 3.05) is 37.0 Å². The minimum absolute atomic E-state index is 0.0847. The first-order valence-electron chi connectivity index (χ1n) is 10.2. The van der Waals surface area contributed by atoms with Crippen molar-refractivity contribution in [3.8, 4) is 5.75 Å². The molecule has 1 aliphatic rings. The fraction of sp³-hybridized carbons (Fsp3) is 0.318. The lowest BCUT2D eigenvalue weighted by Gasteiger charge is -2.33. The SMILES string of the molecule is COc1ccc(C(=O)N2CCN(C)c3nc4ccccc4nc32)cc1S(=O)(=O)NC(C)C. The van der Waals surface area contributed by atoms with E-state index in [0.717, 1.165) is 5.52 Å². The molecule has 0 bridgehead atoms. The third kappa shape index (κ3) is 3.98. The van der Waals surface area contributed by atoms with Gasteiger partial charge in [-0.3, -0.25) is 9.69 Å². The second kappa shape index (κ2) is 8.36. The number of hydrogen-bond acceptors (Lipinski definition) is 7. The Morgan fingerprint density at radius 2 is 1.72 bits per heavy atom. The van der Waals surface area contributed by atoms with Crippen LogP contribution in [0.2, 0.25) is 0 Å². The molecule has 4 rings (SSSR count). The van der Waals surface area contributed by atoms with Crippen molar-refractivity contribution in [2.45, 2.75) is 24.8 Å². The first-order valence-corrected chi connectivity index (χ1v) is 11.7. The number of nitrogens with one attached hydrogen (secondary N) is 1. The largest absolute Gasteiger partial charge is 0.495 e. The Kier molecular flexibility index (Phi) is 5.74. The molecule has 0 spiro atoms. The molecule has 0 saturated heterocycles. The minimum Gasteiger partial charge on any atom is -0.495 e. The van der Waals surface area contributed by atoms with Gasteiger partial charge in [0.05, 0.1) is 18.1 Å². The highest BCUT2D eigenvalue weighted by molar-refractivity contribution is 7.89. The molecule has 3 aromatic rings. The molecule has 0 fully saturated rings. The summed E-state index contributed by atoms with van der Waals surface area (Å²) in [7, 11) is -0.575. The zero-order valence-corrected chi connectivity index (χ0v) is 19.2. The maximum absolute atomic E-state index is 13.5. The quantitative estimate of drug-likeness (QED) is 0.630. The van der Waals surface area contributed by atoms with Gasteiger partial charge in [0.15, 0.2) is 11.6 Å². The number of nitrogens with zero attached hydrogens (tertiary/aromatic N) is 4. The van der Waals surface area contributed by atoms with Crippen LogP contribution in [0.1, 0.15) is 24.2 Å². The summed E-state index contributed by atoms with van der Waals surface area (Å²) in [5.41, 5.74) is 1.64. The van der Waals surface area contributed by atoms with Crippen molar-refractivity contribution >= 4 is 38.6 Å². The number of benzene rings is 2. The highest BCUT2D eigenvalue weighted by Gasteiger charge is 2.30. The van der Waals surface area contributed by atoms with E-state index in [9.17, 15) is 13.2 Å². The molecule has 168 valence electrons. The monoisotopic (exact) mass is 455 g/mol. The standard InChI is InChI=1S/C22H25N5O4S/c1-14(2)25-32(29,30)19-13-15(9-10-18(19)31-4)22(28)27-12-11-26(3)20-21(27)24-17-8-6-5-7-16(17)23-20/h5-10,13-14,25H,11-12H2,1-4H3. The second-order valence-electron chi connectivity index (χ2n) is 7.88. The van der Waals surface area contributed by atoms with Gasteiger partial charge >= 0.3 is 0 Å². The predicted octanol–water partition coefficient (Wildman–Crippen LogP) is 2.42. The number of amides is 1. The molecule has 2 aromatic carbocycles. The Bertz CT molecular complexity index is 1290. The average molecular weight is 456 g/mol. The van der Waals surface area contributed by atoms with Gasteiger partial charge in [0, 0.05) is 31.7 Å². The summed E-state index contributed by atoms with van der Waals surface area (Å²) in [4.78, 5) is 26.3. The Balaban J connectivity index is 1.78. The van der Waals surface area contributed by atoms with E-state index in [-0.39, 0.29) is 28.2 Å². The summed E-state index contributed by atoms with van der Waals surface area (Å²) < 4.78 is 33.4.